The van der Waals surface area contributed by atoms with E-state index in [0.29, 0.717) is 32.1 Å². The highest BCUT2D eigenvalue weighted by molar-refractivity contribution is 7.47. The van der Waals surface area contributed by atoms with Crippen LogP contribution in [-0.4, -0.2) is 96.7 Å². The maximum atomic E-state index is 13.1. The molecular weight excluding hydrogens is 1430 g/mol. The molecule has 0 spiro atoms. The fraction of sp³-hybridized carbons (Fsp3) is 0.626. The summed E-state index contributed by atoms with van der Waals surface area (Å²) >= 11 is 0. The smallest absolute Gasteiger partial charge is 0.462 e. The number of carbonyl (C=O) groups is 4. The van der Waals surface area contributed by atoms with Crippen molar-refractivity contribution in [3.8, 4) is 0 Å². The number of hydrogen-bond donors (Lipinski definition) is 3. The quantitative estimate of drug-likeness (QED) is 0.0169. The van der Waals surface area contributed by atoms with Crippen LogP contribution in [-0.2, 0) is 65.4 Å². The molecule has 0 aromatic carbocycles. The van der Waals surface area contributed by atoms with Gasteiger partial charge in [0, 0.05) is 25.7 Å². The highest BCUT2D eigenvalue weighted by Gasteiger charge is 2.30. The molecule has 0 aliphatic heterocycles. The van der Waals surface area contributed by atoms with Gasteiger partial charge in [-0.1, -0.05) is 293 Å². The summed E-state index contributed by atoms with van der Waals surface area (Å²) in [6.07, 6.45) is 98.6. The van der Waals surface area contributed by atoms with Crippen LogP contribution in [0.2, 0.25) is 0 Å². The lowest BCUT2D eigenvalue weighted by Crippen LogP contribution is -2.30. The summed E-state index contributed by atoms with van der Waals surface area (Å²) in [5.74, 6) is -2.30. The molecule has 0 heterocycles. The van der Waals surface area contributed by atoms with E-state index in [1.54, 1.807) is 0 Å². The highest BCUT2D eigenvalue weighted by Crippen LogP contribution is 2.45. The van der Waals surface area contributed by atoms with E-state index < -0.39 is 97.5 Å². The molecule has 0 radical (unpaired) electrons. The van der Waals surface area contributed by atoms with Crippen LogP contribution in [0.25, 0.3) is 0 Å². The predicted molar refractivity (Wildman–Crippen MR) is 454 cm³/mol. The van der Waals surface area contributed by atoms with Gasteiger partial charge in [0.2, 0.25) is 0 Å². The Morgan fingerprint density at radius 3 is 0.764 bits per heavy atom. The zero-order chi connectivity index (χ0) is 80.3. The highest BCUT2D eigenvalue weighted by atomic mass is 31.2. The Balaban J connectivity index is 5.49. The number of hydrogen-bond acceptors (Lipinski definition) is 15. The van der Waals surface area contributed by atoms with Crippen LogP contribution in [0.4, 0.5) is 0 Å². The second-order valence-electron chi connectivity index (χ2n) is 27.3. The lowest BCUT2D eigenvalue weighted by Gasteiger charge is -2.21. The van der Waals surface area contributed by atoms with Crippen LogP contribution in [0.15, 0.2) is 182 Å². The molecule has 0 amide bonds. The summed E-state index contributed by atoms with van der Waals surface area (Å²) < 4.78 is 68.7. The number of unbranched alkanes of at least 4 members (excludes halogenated alkanes) is 21. The average Bonchev–Trinajstić information content (AvgIpc) is 0.904. The Hall–Kier alpha value is -5.84. The SMILES string of the molecule is CC/C=C\C/C=C\C/C=C\C/C=C\C/C=C\CCCC(=O)OCC(COP(=O)(O)OCC(O)COP(=O)(O)OCC(COC(=O)CCCCCCCC/C=C\C/C=C\C/C=C\CCCCC)OC(=O)CCCCCC/C=C\C/C=C\C/C=C\C/C=C\CC)OC(=O)CCCCCCCCC/C=C\C/C=C\C/C=C\CC. The van der Waals surface area contributed by atoms with Gasteiger partial charge in [-0.25, -0.2) is 9.13 Å². The van der Waals surface area contributed by atoms with Gasteiger partial charge >= 0.3 is 39.5 Å². The topological polar surface area (TPSA) is 237 Å². The van der Waals surface area contributed by atoms with Gasteiger partial charge in [-0.3, -0.25) is 37.3 Å². The third kappa shape index (κ3) is 80.2. The number of phosphoric acid groups is 2. The largest absolute Gasteiger partial charge is 0.472 e. The number of ether oxygens (including phenoxy) is 4. The van der Waals surface area contributed by atoms with E-state index in [-0.39, 0.29) is 25.7 Å². The summed E-state index contributed by atoms with van der Waals surface area (Å²) in [6, 6.07) is 0. The Bertz CT molecular complexity index is 2800. The molecule has 0 aliphatic rings. The van der Waals surface area contributed by atoms with Crippen molar-refractivity contribution in [2.24, 2.45) is 0 Å². The summed E-state index contributed by atoms with van der Waals surface area (Å²) in [5.41, 5.74) is 0. The first kappa shape index (κ1) is 104. The molecule has 3 N–H and O–H groups in total. The molecule has 0 saturated heterocycles. The second kappa shape index (κ2) is 81.2. The van der Waals surface area contributed by atoms with Crippen molar-refractivity contribution in [1.82, 2.24) is 0 Å². The number of aliphatic hydroxyl groups is 1. The summed E-state index contributed by atoms with van der Waals surface area (Å²) in [5, 5.41) is 10.7. The normalized spacial score (nSPS) is 14.7. The standard InChI is InChI=1S/C91H148O17P2/c1-5-9-13-17-21-25-29-33-37-41-42-46-48-52-56-60-64-68-72-76-89(94)102-82-87(108-91(96)78-74-70-66-62-58-54-50-45-40-36-32-28-24-20-16-12-8-4)84-106-110(99,100)104-80-85(92)79-103-109(97,98)105-83-86(107-90(95)77-73-69-65-61-57-53-49-44-39-35-31-27-23-19-15-11-7-3)81-101-88(93)75-71-67-63-59-55-51-47-43-38-34-30-26-22-18-14-10-6-2/h10-12,14-16,21-28,33-40,42,46-47,50-51,54,59,63,85-87,92H,5-9,13,17-20,29-32,41,43-45,48-49,52-53,55-58,60-62,64-84H2,1-4H3,(H,97,98)(H,99,100)/b14-10-,15-11-,16-12-,25-21-,26-22-,27-23-,28-24-,37-33-,38-34-,39-35-,40-36-,46-42-,51-47-,54-50-,63-59-. The maximum absolute atomic E-state index is 13.1. The zero-order valence-electron chi connectivity index (χ0n) is 68.4. The van der Waals surface area contributed by atoms with Crippen molar-refractivity contribution in [2.45, 2.75) is 329 Å². The van der Waals surface area contributed by atoms with Gasteiger partial charge in [-0.15, -0.1) is 0 Å². The Morgan fingerprint density at radius 2 is 0.482 bits per heavy atom. The number of aliphatic hydroxyl groups excluding tert-OH is 1. The first-order valence-electron chi connectivity index (χ1n) is 42.0. The van der Waals surface area contributed by atoms with Gasteiger partial charge in [0.15, 0.2) is 12.2 Å². The Kier molecular flexibility index (Phi) is 76.9. The molecule has 0 aliphatic carbocycles. The van der Waals surface area contributed by atoms with Crippen LogP contribution in [0.3, 0.4) is 0 Å². The van der Waals surface area contributed by atoms with Crippen molar-refractivity contribution < 1.29 is 80.2 Å². The second-order valence-corrected chi connectivity index (χ2v) is 30.2. The number of phosphoric ester groups is 2. The van der Waals surface area contributed by atoms with E-state index in [4.69, 9.17) is 37.0 Å². The van der Waals surface area contributed by atoms with E-state index >= 15 is 0 Å². The zero-order valence-corrected chi connectivity index (χ0v) is 70.1. The molecule has 110 heavy (non-hydrogen) atoms. The lowest BCUT2D eigenvalue weighted by molar-refractivity contribution is -0.161. The van der Waals surface area contributed by atoms with Gasteiger partial charge in [-0.05, 0) is 173 Å². The molecule has 624 valence electrons. The fourth-order valence-electron chi connectivity index (χ4n) is 10.6. The minimum Gasteiger partial charge on any atom is -0.462 e. The average molecular weight is 1580 g/mol. The molecule has 0 fully saturated rings. The summed E-state index contributed by atoms with van der Waals surface area (Å²) in [4.78, 5) is 73.2. The Labute approximate surface area is 666 Å². The van der Waals surface area contributed by atoms with Crippen LogP contribution in [0.5, 0.6) is 0 Å². The molecule has 0 rings (SSSR count). The van der Waals surface area contributed by atoms with Crippen LogP contribution in [0, 0.1) is 0 Å². The van der Waals surface area contributed by atoms with Gasteiger partial charge in [0.05, 0.1) is 26.4 Å². The van der Waals surface area contributed by atoms with E-state index in [1.807, 2.05) is 12.2 Å². The third-order valence-corrected chi connectivity index (χ3v) is 18.7. The van der Waals surface area contributed by atoms with Crippen molar-refractivity contribution in [3.05, 3.63) is 182 Å². The number of rotatable bonds is 77. The minimum absolute atomic E-state index is 0.0561. The van der Waals surface area contributed by atoms with Crippen LogP contribution < -0.4 is 0 Å². The van der Waals surface area contributed by atoms with E-state index in [1.165, 1.54) is 19.3 Å². The van der Waals surface area contributed by atoms with Crippen LogP contribution >= 0.6 is 15.6 Å². The van der Waals surface area contributed by atoms with Crippen molar-refractivity contribution >= 4 is 39.5 Å². The molecule has 17 nitrogen and oxygen atoms in total. The molecule has 0 bridgehead atoms. The van der Waals surface area contributed by atoms with Crippen molar-refractivity contribution in [3.63, 3.8) is 0 Å². The van der Waals surface area contributed by atoms with E-state index in [9.17, 15) is 43.2 Å². The minimum atomic E-state index is -5.01. The van der Waals surface area contributed by atoms with Crippen molar-refractivity contribution in [1.29, 1.82) is 0 Å². The molecule has 0 aromatic heterocycles. The first-order valence-corrected chi connectivity index (χ1v) is 45.0. The maximum Gasteiger partial charge on any atom is 0.472 e. The monoisotopic (exact) mass is 1580 g/mol. The Morgan fingerprint density at radius 1 is 0.264 bits per heavy atom. The lowest BCUT2D eigenvalue weighted by atomic mass is 10.1. The third-order valence-electron chi connectivity index (χ3n) is 16.8. The van der Waals surface area contributed by atoms with Gasteiger partial charge in [-0.2, -0.15) is 0 Å². The predicted octanol–water partition coefficient (Wildman–Crippen LogP) is 25.1. The molecule has 5 unspecified atom stereocenters. The van der Waals surface area contributed by atoms with Gasteiger partial charge < -0.3 is 33.8 Å². The number of allylic oxidation sites excluding steroid dienone is 30. The van der Waals surface area contributed by atoms with E-state index in [0.717, 1.165) is 205 Å². The summed E-state index contributed by atoms with van der Waals surface area (Å²) in [6.45, 7) is 4.40. The molecule has 0 saturated carbocycles. The van der Waals surface area contributed by atoms with Crippen molar-refractivity contribution in [2.75, 3.05) is 39.6 Å². The summed E-state index contributed by atoms with van der Waals surface area (Å²) in [7, 11) is -10.0. The molecule has 5 atom stereocenters. The molecule has 19 heteroatoms. The molecule has 0 aromatic rings. The fourth-order valence-corrected chi connectivity index (χ4v) is 12.1. The number of esters is 4. The molecular formula is C91H148O17P2. The van der Waals surface area contributed by atoms with E-state index in [2.05, 4.69) is 198 Å². The number of carbonyl (C=O) groups excluding carboxylic acids is 4. The van der Waals surface area contributed by atoms with Crippen LogP contribution in [0.1, 0.15) is 310 Å². The first-order chi connectivity index (χ1) is 53.7. The van der Waals surface area contributed by atoms with Gasteiger partial charge in [0.1, 0.15) is 19.3 Å². The van der Waals surface area contributed by atoms with Gasteiger partial charge in [0.25, 0.3) is 0 Å².